The van der Waals surface area contributed by atoms with Gasteiger partial charge in [0.1, 0.15) is 0 Å². The molecule has 6 nitrogen and oxygen atoms in total. The van der Waals surface area contributed by atoms with Crippen molar-refractivity contribution in [1.82, 2.24) is 4.98 Å². The molecule has 0 aliphatic heterocycles. The Morgan fingerprint density at radius 2 is 2.04 bits per heavy atom. The van der Waals surface area contributed by atoms with Crippen LogP contribution in [0.2, 0.25) is 0 Å². The van der Waals surface area contributed by atoms with Crippen LogP contribution in [0.1, 0.15) is 83.6 Å². The zero-order chi connectivity index (χ0) is 18.9. The zero-order valence-electron chi connectivity index (χ0n) is 15.9. The lowest BCUT2D eigenvalue weighted by Gasteiger charge is -2.32. The Morgan fingerprint density at radius 3 is 2.65 bits per heavy atom. The highest BCUT2D eigenvalue weighted by atomic mass is 16.5. The SMILES string of the molecule is CCOC(=O)c1c(COCCN)nc2c(c1C1CC1)C(=O)CC(C)(C)C2. The van der Waals surface area contributed by atoms with Gasteiger partial charge in [-0.25, -0.2) is 4.79 Å². The molecule has 0 aromatic carbocycles. The minimum Gasteiger partial charge on any atom is -0.462 e. The highest BCUT2D eigenvalue weighted by Crippen LogP contribution is 2.47. The van der Waals surface area contributed by atoms with Gasteiger partial charge in [-0.15, -0.1) is 0 Å². The van der Waals surface area contributed by atoms with Crippen LogP contribution in [0.5, 0.6) is 0 Å². The van der Waals surface area contributed by atoms with Crippen molar-refractivity contribution in [1.29, 1.82) is 0 Å². The third-order valence-electron chi connectivity index (χ3n) is 4.92. The van der Waals surface area contributed by atoms with Gasteiger partial charge in [-0.3, -0.25) is 9.78 Å². The number of Topliss-reactive ketones (excluding diaryl/α,β-unsaturated/α-hetero) is 1. The van der Waals surface area contributed by atoms with Crippen LogP contribution in [0.3, 0.4) is 0 Å². The number of ether oxygens (including phenoxy) is 2. The van der Waals surface area contributed by atoms with E-state index in [1.165, 1.54) is 0 Å². The maximum atomic E-state index is 12.9. The topological polar surface area (TPSA) is 91.5 Å². The fourth-order valence-corrected chi connectivity index (χ4v) is 3.76. The number of nitrogens with zero attached hydrogens (tertiary/aromatic N) is 1. The van der Waals surface area contributed by atoms with Gasteiger partial charge in [-0.2, -0.15) is 0 Å². The maximum Gasteiger partial charge on any atom is 0.340 e. The average molecular weight is 360 g/mol. The van der Waals surface area contributed by atoms with Gasteiger partial charge in [-0.1, -0.05) is 13.8 Å². The van der Waals surface area contributed by atoms with Crippen molar-refractivity contribution in [3.63, 3.8) is 0 Å². The van der Waals surface area contributed by atoms with Crippen molar-refractivity contribution in [2.24, 2.45) is 11.1 Å². The van der Waals surface area contributed by atoms with Gasteiger partial charge >= 0.3 is 5.97 Å². The molecule has 1 heterocycles. The Kier molecular flexibility index (Phi) is 5.44. The molecule has 142 valence electrons. The normalized spacial score (nSPS) is 18.5. The predicted molar refractivity (Wildman–Crippen MR) is 97.3 cm³/mol. The Hall–Kier alpha value is -1.79. The lowest BCUT2D eigenvalue weighted by atomic mass is 9.73. The summed E-state index contributed by atoms with van der Waals surface area (Å²) in [6.45, 7) is 7.22. The molecule has 3 rings (SSSR count). The molecule has 0 bridgehead atoms. The van der Waals surface area contributed by atoms with Crippen molar-refractivity contribution in [3.8, 4) is 0 Å². The number of rotatable bonds is 7. The van der Waals surface area contributed by atoms with Crippen LogP contribution < -0.4 is 5.73 Å². The summed E-state index contributed by atoms with van der Waals surface area (Å²) >= 11 is 0. The van der Waals surface area contributed by atoms with E-state index in [-0.39, 0.29) is 30.3 Å². The molecule has 0 spiro atoms. The van der Waals surface area contributed by atoms with Gasteiger partial charge in [0.2, 0.25) is 0 Å². The first-order valence-electron chi connectivity index (χ1n) is 9.41. The third kappa shape index (κ3) is 3.81. The number of carbonyl (C=O) groups excluding carboxylic acids is 2. The van der Waals surface area contributed by atoms with E-state index in [4.69, 9.17) is 20.2 Å². The third-order valence-corrected chi connectivity index (χ3v) is 4.92. The van der Waals surface area contributed by atoms with Crippen molar-refractivity contribution in [3.05, 3.63) is 28.1 Å². The summed E-state index contributed by atoms with van der Waals surface area (Å²) in [6, 6.07) is 0. The van der Waals surface area contributed by atoms with Gasteiger partial charge in [-0.05, 0) is 43.1 Å². The van der Waals surface area contributed by atoms with E-state index < -0.39 is 5.97 Å². The Morgan fingerprint density at radius 1 is 1.31 bits per heavy atom. The van der Waals surface area contributed by atoms with E-state index in [1.807, 2.05) is 0 Å². The number of carbonyl (C=O) groups is 2. The number of ketones is 1. The van der Waals surface area contributed by atoms with E-state index in [9.17, 15) is 9.59 Å². The minimum absolute atomic E-state index is 0.0885. The van der Waals surface area contributed by atoms with E-state index in [1.54, 1.807) is 6.92 Å². The van der Waals surface area contributed by atoms with Gasteiger partial charge in [0.15, 0.2) is 5.78 Å². The summed E-state index contributed by atoms with van der Waals surface area (Å²) in [5.74, 6) is -0.0797. The van der Waals surface area contributed by atoms with Crippen molar-refractivity contribution >= 4 is 11.8 Å². The summed E-state index contributed by atoms with van der Waals surface area (Å²) in [5.41, 5.74) is 8.71. The average Bonchev–Trinajstić information content (AvgIpc) is 3.37. The van der Waals surface area contributed by atoms with Crippen LogP contribution in [0.25, 0.3) is 0 Å². The molecule has 2 N–H and O–H groups in total. The van der Waals surface area contributed by atoms with E-state index in [0.717, 1.165) is 30.5 Å². The maximum absolute atomic E-state index is 12.9. The zero-order valence-corrected chi connectivity index (χ0v) is 15.9. The molecular formula is C20H28N2O4. The Labute approximate surface area is 154 Å². The summed E-state index contributed by atoms with van der Waals surface area (Å²) in [4.78, 5) is 30.4. The molecule has 1 aromatic rings. The largest absolute Gasteiger partial charge is 0.462 e. The van der Waals surface area contributed by atoms with Crippen LogP contribution in [-0.2, 0) is 22.5 Å². The van der Waals surface area contributed by atoms with Gasteiger partial charge in [0.25, 0.3) is 0 Å². The summed E-state index contributed by atoms with van der Waals surface area (Å²) < 4.78 is 10.9. The Bertz CT molecular complexity index is 723. The Balaban J connectivity index is 2.15. The molecule has 0 radical (unpaired) electrons. The standard InChI is InChI=1S/C20H28N2O4/c1-4-26-19(24)18-14(11-25-8-7-21)22-13-9-20(2,3)10-15(23)17(13)16(18)12-5-6-12/h12H,4-11,21H2,1-3H3. The van der Waals surface area contributed by atoms with Gasteiger partial charge < -0.3 is 15.2 Å². The number of fused-ring (bicyclic) bond motifs is 1. The van der Waals surface area contributed by atoms with E-state index in [0.29, 0.717) is 36.4 Å². The summed E-state index contributed by atoms with van der Waals surface area (Å²) in [6.07, 6.45) is 3.18. The molecule has 6 heteroatoms. The molecule has 1 saturated carbocycles. The molecule has 0 atom stereocenters. The molecule has 26 heavy (non-hydrogen) atoms. The van der Waals surface area contributed by atoms with Crippen molar-refractivity contribution < 1.29 is 19.1 Å². The number of nitrogens with two attached hydrogens (primary N) is 1. The smallest absolute Gasteiger partial charge is 0.340 e. The number of aromatic nitrogens is 1. The number of pyridine rings is 1. The first-order chi connectivity index (χ1) is 12.4. The fraction of sp³-hybridized carbons (Fsp3) is 0.650. The summed E-state index contributed by atoms with van der Waals surface area (Å²) in [7, 11) is 0. The fourth-order valence-electron chi connectivity index (χ4n) is 3.76. The molecule has 1 fully saturated rings. The van der Waals surface area contributed by atoms with Crippen molar-refractivity contribution in [2.75, 3.05) is 19.8 Å². The van der Waals surface area contributed by atoms with E-state index in [2.05, 4.69) is 13.8 Å². The highest BCUT2D eigenvalue weighted by Gasteiger charge is 2.41. The quantitative estimate of drug-likeness (QED) is 0.594. The summed E-state index contributed by atoms with van der Waals surface area (Å²) in [5, 5.41) is 0. The predicted octanol–water partition coefficient (Wildman–Crippen LogP) is 2.77. The first-order valence-corrected chi connectivity index (χ1v) is 9.41. The van der Waals surface area contributed by atoms with Gasteiger partial charge in [0.05, 0.1) is 36.8 Å². The lowest BCUT2D eigenvalue weighted by molar-refractivity contribution is 0.0515. The minimum atomic E-state index is -0.409. The van der Waals surface area contributed by atoms with Crippen LogP contribution in [0.15, 0.2) is 0 Å². The molecule has 2 aliphatic carbocycles. The van der Waals surface area contributed by atoms with Crippen molar-refractivity contribution in [2.45, 2.75) is 59.0 Å². The highest BCUT2D eigenvalue weighted by molar-refractivity contribution is 6.04. The molecular weight excluding hydrogens is 332 g/mol. The van der Waals surface area contributed by atoms with Crippen LogP contribution >= 0.6 is 0 Å². The second kappa shape index (κ2) is 7.45. The second-order valence-corrected chi connectivity index (χ2v) is 7.95. The van der Waals surface area contributed by atoms with Crippen LogP contribution in [0, 0.1) is 5.41 Å². The van der Waals surface area contributed by atoms with Gasteiger partial charge in [0, 0.05) is 18.5 Å². The molecule has 2 aliphatic rings. The molecule has 0 saturated heterocycles. The number of hydrogen-bond donors (Lipinski definition) is 1. The van der Waals surface area contributed by atoms with Crippen LogP contribution in [-0.4, -0.2) is 36.5 Å². The molecule has 1 aromatic heterocycles. The molecule has 0 unspecified atom stereocenters. The number of esters is 1. The molecule has 0 amide bonds. The van der Waals surface area contributed by atoms with Crippen LogP contribution in [0.4, 0.5) is 0 Å². The van der Waals surface area contributed by atoms with E-state index >= 15 is 0 Å². The lowest BCUT2D eigenvalue weighted by Crippen LogP contribution is -2.31. The first kappa shape index (κ1) is 19.0. The monoisotopic (exact) mass is 360 g/mol. The number of hydrogen-bond acceptors (Lipinski definition) is 6. The second-order valence-electron chi connectivity index (χ2n) is 7.95.